The molecule has 0 amide bonds. The zero-order valence-electron chi connectivity index (χ0n) is 15.4. The first-order valence-corrected chi connectivity index (χ1v) is 9.46. The SMILES string of the molecule is CC1C2CC(C(C(N)(c3ccccc3)c3ccccc3)C2O)C1(C)C. The van der Waals surface area contributed by atoms with E-state index in [2.05, 4.69) is 45.0 Å². The molecule has 2 nitrogen and oxygen atoms in total. The molecule has 2 aliphatic carbocycles. The Labute approximate surface area is 151 Å². The molecule has 2 bridgehead atoms. The lowest BCUT2D eigenvalue weighted by Crippen LogP contribution is -2.56. The van der Waals surface area contributed by atoms with Crippen LogP contribution in [-0.4, -0.2) is 11.2 Å². The first-order chi connectivity index (χ1) is 11.9. The van der Waals surface area contributed by atoms with Gasteiger partial charge in [-0.1, -0.05) is 81.4 Å². The van der Waals surface area contributed by atoms with Crippen molar-refractivity contribution in [1.29, 1.82) is 0 Å². The molecule has 0 spiro atoms. The van der Waals surface area contributed by atoms with Crippen molar-refractivity contribution in [2.75, 3.05) is 0 Å². The summed E-state index contributed by atoms with van der Waals surface area (Å²) in [5.74, 6) is 1.33. The van der Waals surface area contributed by atoms with E-state index >= 15 is 0 Å². The molecule has 2 aliphatic rings. The summed E-state index contributed by atoms with van der Waals surface area (Å²) in [4.78, 5) is 0. The van der Waals surface area contributed by atoms with E-state index in [9.17, 15) is 5.11 Å². The molecule has 0 radical (unpaired) electrons. The average molecular weight is 335 g/mol. The van der Waals surface area contributed by atoms with Crippen LogP contribution >= 0.6 is 0 Å². The lowest BCUT2D eigenvalue weighted by molar-refractivity contribution is -0.0507. The molecule has 5 atom stereocenters. The van der Waals surface area contributed by atoms with Gasteiger partial charge in [0.2, 0.25) is 0 Å². The third-order valence-corrected chi connectivity index (χ3v) is 7.57. The van der Waals surface area contributed by atoms with Crippen LogP contribution in [-0.2, 0) is 5.54 Å². The Morgan fingerprint density at radius 3 is 1.88 bits per heavy atom. The van der Waals surface area contributed by atoms with Crippen molar-refractivity contribution in [2.45, 2.75) is 38.8 Å². The maximum absolute atomic E-state index is 11.3. The van der Waals surface area contributed by atoms with Gasteiger partial charge in [-0.25, -0.2) is 0 Å². The Bertz CT molecular complexity index is 700. The Morgan fingerprint density at radius 1 is 0.960 bits per heavy atom. The molecule has 2 fully saturated rings. The minimum atomic E-state index is -0.668. The number of hydrogen-bond donors (Lipinski definition) is 2. The third kappa shape index (κ3) is 2.24. The van der Waals surface area contributed by atoms with E-state index in [4.69, 9.17) is 5.73 Å². The molecule has 4 rings (SSSR count). The third-order valence-electron chi connectivity index (χ3n) is 7.57. The first kappa shape index (κ1) is 16.8. The lowest BCUT2D eigenvalue weighted by atomic mass is 9.57. The number of hydrogen-bond acceptors (Lipinski definition) is 2. The van der Waals surface area contributed by atoms with Crippen molar-refractivity contribution in [3.05, 3.63) is 71.8 Å². The molecule has 0 heterocycles. The maximum atomic E-state index is 11.3. The second kappa shape index (κ2) is 5.69. The zero-order valence-corrected chi connectivity index (χ0v) is 15.4. The van der Waals surface area contributed by atoms with Crippen molar-refractivity contribution in [3.8, 4) is 0 Å². The first-order valence-electron chi connectivity index (χ1n) is 9.46. The van der Waals surface area contributed by atoms with Gasteiger partial charge in [0.25, 0.3) is 0 Å². The molecule has 2 heteroatoms. The van der Waals surface area contributed by atoms with Crippen molar-refractivity contribution in [1.82, 2.24) is 0 Å². The molecule has 2 aromatic carbocycles. The van der Waals surface area contributed by atoms with Crippen molar-refractivity contribution in [2.24, 2.45) is 34.8 Å². The number of rotatable bonds is 3. The zero-order chi connectivity index (χ0) is 17.8. The van der Waals surface area contributed by atoms with Crippen LogP contribution in [0.1, 0.15) is 38.3 Å². The molecule has 5 unspecified atom stereocenters. The summed E-state index contributed by atoms with van der Waals surface area (Å²) in [6, 6.07) is 20.7. The molecule has 132 valence electrons. The molecule has 2 aromatic rings. The number of aliphatic hydroxyl groups excluding tert-OH is 1. The number of aliphatic hydroxyl groups is 1. The average Bonchev–Trinajstić information content (AvgIpc) is 3.10. The minimum absolute atomic E-state index is 0.0356. The smallest absolute Gasteiger partial charge is 0.0722 e. The van der Waals surface area contributed by atoms with Gasteiger partial charge < -0.3 is 10.8 Å². The van der Waals surface area contributed by atoms with Crippen LogP contribution in [0.5, 0.6) is 0 Å². The Balaban J connectivity index is 1.89. The number of nitrogens with two attached hydrogens (primary N) is 1. The topological polar surface area (TPSA) is 46.2 Å². The van der Waals surface area contributed by atoms with Crippen LogP contribution in [0, 0.1) is 29.1 Å². The fourth-order valence-corrected chi connectivity index (χ4v) is 5.81. The highest BCUT2D eigenvalue weighted by Gasteiger charge is 2.64. The number of fused-ring (bicyclic) bond motifs is 2. The van der Waals surface area contributed by atoms with Crippen molar-refractivity contribution < 1.29 is 5.11 Å². The summed E-state index contributed by atoms with van der Waals surface area (Å²) in [6.45, 7) is 7.02. The largest absolute Gasteiger partial charge is 0.392 e. The number of benzene rings is 2. The highest BCUT2D eigenvalue weighted by atomic mass is 16.3. The standard InChI is InChI=1S/C23H29NO/c1-15-18-14-19(22(15,2)3)20(21(18)25)23(24,16-10-6-4-7-11-16)17-12-8-5-9-13-17/h4-13,15,18-21,25H,14,24H2,1-3H3. The van der Waals surface area contributed by atoms with E-state index < -0.39 is 5.54 Å². The Hall–Kier alpha value is -1.64. The van der Waals surface area contributed by atoms with Crippen LogP contribution < -0.4 is 5.73 Å². The van der Waals surface area contributed by atoms with Gasteiger partial charge in [-0.2, -0.15) is 0 Å². The van der Waals surface area contributed by atoms with Gasteiger partial charge >= 0.3 is 0 Å². The van der Waals surface area contributed by atoms with Crippen molar-refractivity contribution in [3.63, 3.8) is 0 Å². The molecule has 0 aliphatic heterocycles. The van der Waals surface area contributed by atoms with Gasteiger partial charge in [0.1, 0.15) is 0 Å². The fraction of sp³-hybridized carbons (Fsp3) is 0.478. The van der Waals surface area contributed by atoms with E-state index in [0.29, 0.717) is 17.8 Å². The van der Waals surface area contributed by atoms with E-state index in [1.165, 1.54) is 0 Å². The Morgan fingerprint density at radius 2 is 1.44 bits per heavy atom. The van der Waals surface area contributed by atoms with Gasteiger partial charge in [0.15, 0.2) is 0 Å². The van der Waals surface area contributed by atoms with Crippen LogP contribution in [0.15, 0.2) is 60.7 Å². The monoisotopic (exact) mass is 335 g/mol. The molecule has 2 saturated carbocycles. The molecular formula is C23H29NO. The molecule has 25 heavy (non-hydrogen) atoms. The summed E-state index contributed by atoms with van der Waals surface area (Å²) >= 11 is 0. The quantitative estimate of drug-likeness (QED) is 0.884. The summed E-state index contributed by atoms with van der Waals surface area (Å²) in [6.07, 6.45) is 0.733. The summed E-state index contributed by atoms with van der Waals surface area (Å²) in [5.41, 5.74) is 8.96. The van der Waals surface area contributed by atoms with E-state index in [1.807, 2.05) is 36.4 Å². The van der Waals surface area contributed by atoms with Gasteiger partial charge in [-0.3, -0.25) is 0 Å². The predicted molar refractivity (Wildman–Crippen MR) is 102 cm³/mol. The van der Waals surface area contributed by atoms with Crippen LogP contribution in [0.2, 0.25) is 0 Å². The van der Waals surface area contributed by atoms with E-state index in [1.54, 1.807) is 0 Å². The van der Waals surface area contributed by atoms with Gasteiger partial charge in [0, 0.05) is 5.92 Å². The Kier molecular flexibility index (Phi) is 3.82. The predicted octanol–water partition coefficient (Wildman–Crippen LogP) is 4.18. The van der Waals surface area contributed by atoms with Crippen LogP contribution in [0.4, 0.5) is 0 Å². The fourth-order valence-electron chi connectivity index (χ4n) is 5.81. The van der Waals surface area contributed by atoms with Crippen molar-refractivity contribution >= 4 is 0 Å². The summed E-state index contributed by atoms with van der Waals surface area (Å²) < 4.78 is 0. The van der Waals surface area contributed by atoms with E-state index in [0.717, 1.165) is 17.5 Å². The van der Waals surface area contributed by atoms with Gasteiger partial charge in [0.05, 0.1) is 11.6 Å². The summed E-state index contributed by atoms with van der Waals surface area (Å²) in [5, 5.41) is 11.3. The molecule has 0 aromatic heterocycles. The second-order valence-corrected chi connectivity index (χ2v) is 8.73. The van der Waals surface area contributed by atoms with Gasteiger partial charge in [-0.15, -0.1) is 0 Å². The highest BCUT2D eigenvalue weighted by Crippen LogP contribution is 2.65. The van der Waals surface area contributed by atoms with Crippen LogP contribution in [0.3, 0.4) is 0 Å². The van der Waals surface area contributed by atoms with Crippen LogP contribution in [0.25, 0.3) is 0 Å². The van der Waals surface area contributed by atoms with E-state index in [-0.39, 0.29) is 17.4 Å². The molecular weight excluding hydrogens is 306 g/mol. The molecule has 3 N–H and O–H groups in total. The molecule has 0 saturated heterocycles. The lowest BCUT2D eigenvalue weighted by Gasteiger charge is -2.50. The second-order valence-electron chi connectivity index (χ2n) is 8.73. The highest BCUT2D eigenvalue weighted by molar-refractivity contribution is 5.41. The normalized spacial score (nSPS) is 33.6. The minimum Gasteiger partial charge on any atom is -0.392 e. The maximum Gasteiger partial charge on any atom is 0.0722 e. The summed E-state index contributed by atoms with van der Waals surface area (Å²) in [7, 11) is 0. The van der Waals surface area contributed by atoms with Gasteiger partial charge in [-0.05, 0) is 40.7 Å².